The number of benzene rings is 5. The molecule has 5 heteroatoms. The van der Waals surface area contributed by atoms with E-state index in [4.69, 9.17) is 19.7 Å². The van der Waals surface area contributed by atoms with E-state index in [0.29, 0.717) is 13.2 Å². The van der Waals surface area contributed by atoms with E-state index in [1.807, 2.05) is 24.3 Å². The van der Waals surface area contributed by atoms with Crippen LogP contribution in [0.3, 0.4) is 0 Å². The van der Waals surface area contributed by atoms with Crippen LogP contribution in [-0.4, -0.2) is 36.6 Å². The Labute approximate surface area is 242 Å². The van der Waals surface area contributed by atoms with Crippen molar-refractivity contribution in [3.8, 4) is 22.6 Å². The third-order valence-electron chi connectivity index (χ3n) is 7.04. The zero-order valence-corrected chi connectivity index (χ0v) is 23.3. The third kappa shape index (κ3) is 7.46. The van der Waals surface area contributed by atoms with Crippen LogP contribution in [0.2, 0.25) is 0 Å². The first-order valence-corrected chi connectivity index (χ1v) is 14.3. The van der Waals surface area contributed by atoms with Gasteiger partial charge < -0.3 is 24.6 Å². The largest absolute Gasteiger partial charge is 0.494 e. The second-order valence-electron chi connectivity index (χ2n) is 9.99. The van der Waals surface area contributed by atoms with Crippen LogP contribution >= 0.6 is 0 Å². The fraction of sp³-hybridized carbons (Fsp3) is 0.222. The zero-order valence-electron chi connectivity index (χ0n) is 23.3. The highest BCUT2D eigenvalue weighted by atomic mass is 16.5. The van der Waals surface area contributed by atoms with Gasteiger partial charge >= 0.3 is 0 Å². The molecule has 5 aromatic rings. The number of aliphatic hydroxyl groups is 2. The Hall–Kier alpha value is -4.32. The van der Waals surface area contributed by atoms with Crippen LogP contribution in [0.15, 0.2) is 115 Å². The van der Waals surface area contributed by atoms with E-state index in [0.717, 1.165) is 65.4 Å². The normalized spacial score (nSPS) is 11.0. The van der Waals surface area contributed by atoms with Gasteiger partial charge in [-0.25, -0.2) is 0 Å². The minimum absolute atomic E-state index is 0.188. The van der Waals surface area contributed by atoms with Crippen LogP contribution < -0.4 is 14.4 Å². The van der Waals surface area contributed by atoms with Gasteiger partial charge in [-0.3, -0.25) is 0 Å². The Morgan fingerprint density at radius 2 is 0.927 bits per heavy atom. The number of aliphatic hydroxyl groups excluding tert-OH is 2. The molecule has 0 aromatic heterocycles. The summed E-state index contributed by atoms with van der Waals surface area (Å²) in [6, 6.07) is 39.9. The van der Waals surface area contributed by atoms with Crippen LogP contribution in [0.1, 0.15) is 25.7 Å². The summed E-state index contributed by atoms with van der Waals surface area (Å²) in [6.07, 6.45) is 3.17. The number of hydrogen-bond donors (Lipinski definition) is 2. The van der Waals surface area contributed by atoms with Gasteiger partial charge in [0.25, 0.3) is 0 Å². The van der Waals surface area contributed by atoms with Crippen molar-refractivity contribution >= 4 is 27.8 Å². The van der Waals surface area contributed by atoms with Gasteiger partial charge in [0, 0.05) is 30.3 Å². The molecule has 5 aromatic carbocycles. The number of unbranched alkanes of at least 4 members (excludes halogenated alkanes) is 2. The highest BCUT2D eigenvalue weighted by molar-refractivity contribution is 5.89. The van der Waals surface area contributed by atoms with Crippen molar-refractivity contribution in [3.63, 3.8) is 0 Å². The lowest BCUT2D eigenvalue weighted by Crippen LogP contribution is -2.10. The molecule has 0 atom stereocenters. The summed E-state index contributed by atoms with van der Waals surface area (Å²) in [6.45, 7) is 1.58. The topological polar surface area (TPSA) is 62.2 Å². The summed E-state index contributed by atoms with van der Waals surface area (Å²) in [5.41, 5.74) is 5.43. The van der Waals surface area contributed by atoms with Crippen LogP contribution in [0.25, 0.3) is 21.9 Å². The highest BCUT2D eigenvalue weighted by Crippen LogP contribution is 2.37. The van der Waals surface area contributed by atoms with Gasteiger partial charge in [-0.05, 0) is 108 Å². The van der Waals surface area contributed by atoms with Gasteiger partial charge in [-0.1, -0.05) is 54.6 Å². The van der Waals surface area contributed by atoms with Gasteiger partial charge in [0.15, 0.2) is 0 Å². The van der Waals surface area contributed by atoms with Crippen molar-refractivity contribution in [2.75, 3.05) is 31.3 Å². The number of fused-ring (bicyclic) bond motifs is 1. The Morgan fingerprint density at radius 1 is 0.463 bits per heavy atom. The first-order chi connectivity index (χ1) is 20.2. The maximum absolute atomic E-state index is 9.01. The van der Waals surface area contributed by atoms with E-state index in [-0.39, 0.29) is 13.2 Å². The standard InChI is InChI=1S/C36H37NO4/c38-23-3-5-25-40-35-19-12-30(13-20-35)29-9-14-32(15-10-29)37(34-16-11-28-7-1-2-8-31(28)27-34)33-17-21-36(22-18-33)41-26-6-4-24-39/h1-2,7-22,27,38-39H,3-6,23-26H2. The average molecular weight is 548 g/mol. The van der Waals surface area contributed by atoms with Gasteiger partial charge in [0.1, 0.15) is 11.5 Å². The van der Waals surface area contributed by atoms with Gasteiger partial charge in [-0.2, -0.15) is 0 Å². The molecule has 0 aliphatic rings. The number of hydrogen-bond acceptors (Lipinski definition) is 5. The van der Waals surface area contributed by atoms with Crippen molar-refractivity contribution < 1.29 is 19.7 Å². The molecule has 0 radical (unpaired) electrons. The summed E-state index contributed by atoms with van der Waals surface area (Å²) < 4.78 is 11.7. The van der Waals surface area contributed by atoms with E-state index in [1.165, 1.54) is 10.8 Å². The Morgan fingerprint density at radius 3 is 1.49 bits per heavy atom. The molecule has 0 saturated heterocycles. The molecule has 0 aliphatic carbocycles. The van der Waals surface area contributed by atoms with Gasteiger partial charge in [-0.15, -0.1) is 0 Å². The van der Waals surface area contributed by atoms with Gasteiger partial charge in [0.2, 0.25) is 0 Å². The molecule has 0 bridgehead atoms. The highest BCUT2D eigenvalue weighted by Gasteiger charge is 2.14. The summed E-state index contributed by atoms with van der Waals surface area (Å²) in [5.74, 6) is 1.66. The lowest BCUT2D eigenvalue weighted by molar-refractivity contribution is 0.253. The first kappa shape index (κ1) is 28.2. The molecule has 0 saturated carbocycles. The monoisotopic (exact) mass is 547 g/mol. The number of ether oxygens (including phenoxy) is 2. The molecule has 0 unspecified atom stereocenters. The summed E-state index contributed by atoms with van der Waals surface area (Å²) >= 11 is 0. The predicted molar refractivity (Wildman–Crippen MR) is 168 cm³/mol. The molecule has 41 heavy (non-hydrogen) atoms. The molecule has 0 aliphatic heterocycles. The van der Waals surface area contributed by atoms with E-state index in [9.17, 15) is 0 Å². The van der Waals surface area contributed by atoms with Crippen molar-refractivity contribution in [1.29, 1.82) is 0 Å². The second-order valence-corrected chi connectivity index (χ2v) is 9.99. The molecule has 0 heterocycles. The molecule has 5 nitrogen and oxygen atoms in total. The molecule has 5 rings (SSSR count). The molecular formula is C36H37NO4. The van der Waals surface area contributed by atoms with Crippen molar-refractivity contribution in [3.05, 3.63) is 115 Å². The van der Waals surface area contributed by atoms with Crippen LogP contribution in [-0.2, 0) is 0 Å². The zero-order chi connectivity index (χ0) is 28.3. The van der Waals surface area contributed by atoms with Gasteiger partial charge in [0.05, 0.1) is 13.2 Å². The van der Waals surface area contributed by atoms with Crippen LogP contribution in [0, 0.1) is 0 Å². The minimum Gasteiger partial charge on any atom is -0.494 e. The molecule has 0 fully saturated rings. The summed E-state index contributed by atoms with van der Waals surface area (Å²) in [4.78, 5) is 2.26. The van der Waals surface area contributed by atoms with Crippen molar-refractivity contribution in [2.24, 2.45) is 0 Å². The predicted octanol–water partition coefficient (Wildman–Crippen LogP) is 8.28. The first-order valence-electron chi connectivity index (χ1n) is 14.3. The fourth-order valence-corrected chi connectivity index (χ4v) is 4.81. The summed E-state index contributed by atoms with van der Waals surface area (Å²) in [5, 5.41) is 20.3. The molecular weight excluding hydrogens is 510 g/mol. The second kappa shape index (κ2) is 14.4. The maximum atomic E-state index is 9.01. The third-order valence-corrected chi connectivity index (χ3v) is 7.04. The Balaban J connectivity index is 1.39. The minimum atomic E-state index is 0.188. The van der Waals surface area contributed by atoms with E-state index in [1.54, 1.807) is 0 Å². The summed E-state index contributed by atoms with van der Waals surface area (Å²) in [7, 11) is 0. The van der Waals surface area contributed by atoms with E-state index in [2.05, 4.69) is 95.9 Å². The average Bonchev–Trinajstić information content (AvgIpc) is 3.03. The quantitative estimate of drug-likeness (QED) is 0.137. The lowest BCUT2D eigenvalue weighted by atomic mass is 10.0. The lowest BCUT2D eigenvalue weighted by Gasteiger charge is -2.26. The Bertz CT molecular complexity index is 1500. The SMILES string of the molecule is OCCCCOc1ccc(-c2ccc(N(c3ccc(OCCCCO)cc3)c3ccc4ccccc4c3)cc2)cc1. The number of nitrogens with zero attached hydrogens (tertiary/aromatic N) is 1. The maximum Gasteiger partial charge on any atom is 0.119 e. The fourth-order valence-electron chi connectivity index (χ4n) is 4.81. The smallest absolute Gasteiger partial charge is 0.119 e. The number of rotatable bonds is 14. The van der Waals surface area contributed by atoms with Crippen molar-refractivity contribution in [1.82, 2.24) is 0 Å². The van der Waals surface area contributed by atoms with E-state index >= 15 is 0 Å². The molecule has 210 valence electrons. The Kier molecular flexibility index (Phi) is 9.88. The van der Waals surface area contributed by atoms with Crippen LogP contribution in [0.4, 0.5) is 17.1 Å². The molecule has 0 spiro atoms. The van der Waals surface area contributed by atoms with Crippen molar-refractivity contribution in [2.45, 2.75) is 25.7 Å². The molecule has 2 N–H and O–H groups in total. The van der Waals surface area contributed by atoms with Crippen LogP contribution in [0.5, 0.6) is 11.5 Å². The molecule has 0 amide bonds. The van der Waals surface area contributed by atoms with E-state index < -0.39 is 0 Å². The number of anilines is 3.